The van der Waals surface area contributed by atoms with Crippen molar-refractivity contribution >= 4 is 45.1 Å². The molecule has 0 aromatic carbocycles. The van der Waals surface area contributed by atoms with Crippen LogP contribution >= 0.6 is 23.1 Å². The smallest absolute Gasteiger partial charge is 0.313 e. The first-order chi connectivity index (χ1) is 11.6. The Labute approximate surface area is 149 Å². The van der Waals surface area contributed by atoms with Gasteiger partial charge < -0.3 is 4.74 Å². The highest BCUT2D eigenvalue weighted by atomic mass is 32.2. The van der Waals surface area contributed by atoms with Gasteiger partial charge in [0, 0.05) is 10.3 Å². The maximum atomic E-state index is 11.9. The van der Waals surface area contributed by atoms with E-state index in [0.29, 0.717) is 12.5 Å². The van der Waals surface area contributed by atoms with Crippen LogP contribution in [0.15, 0.2) is 11.4 Å². The number of nitrogens with zero attached hydrogens (tertiary/aromatic N) is 2. The molecule has 3 rings (SSSR count). The number of hydrogen-bond donors (Lipinski definition) is 0. The van der Waals surface area contributed by atoms with Crippen molar-refractivity contribution in [3.05, 3.63) is 16.8 Å². The van der Waals surface area contributed by atoms with E-state index in [1.807, 2.05) is 0 Å². The quantitative estimate of drug-likeness (QED) is 0.338. The molecule has 5 nitrogen and oxygen atoms in total. The minimum Gasteiger partial charge on any atom is -0.466 e. The lowest BCUT2D eigenvalue weighted by Gasteiger charge is -2.18. The van der Waals surface area contributed by atoms with E-state index in [4.69, 9.17) is 4.74 Å². The van der Waals surface area contributed by atoms with Gasteiger partial charge in [0.2, 0.25) is 0 Å². The predicted molar refractivity (Wildman–Crippen MR) is 95.6 cm³/mol. The van der Waals surface area contributed by atoms with Crippen molar-refractivity contribution in [1.82, 2.24) is 9.97 Å². The molecule has 0 bridgehead atoms. The minimum absolute atomic E-state index is 0.136. The van der Waals surface area contributed by atoms with Crippen LogP contribution in [0, 0.1) is 5.92 Å². The highest BCUT2D eigenvalue weighted by Gasteiger charge is 2.23. The summed E-state index contributed by atoms with van der Waals surface area (Å²) in [6, 6.07) is 0. The third kappa shape index (κ3) is 3.78. The van der Waals surface area contributed by atoms with Gasteiger partial charge in [-0.25, -0.2) is 9.97 Å². The summed E-state index contributed by atoms with van der Waals surface area (Å²) in [7, 11) is 0. The number of carbonyl (C=O) groups is 2. The summed E-state index contributed by atoms with van der Waals surface area (Å²) in [6.45, 7) is 4.31. The summed E-state index contributed by atoms with van der Waals surface area (Å²) in [5.74, 6) is 0.341. The van der Waals surface area contributed by atoms with E-state index in [-0.39, 0.29) is 18.0 Å². The van der Waals surface area contributed by atoms with E-state index in [1.165, 1.54) is 28.6 Å². The molecular weight excluding hydrogens is 344 g/mol. The van der Waals surface area contributed by atoms with Crippen molar-refractivity contribution in [3.63, 3.8) is 0 Å². The summed E-state index contributed by atoms with van der Waals surface area (Å²) in [5.41, 5.74) is 1.36. The molecule has 0 saturated carbocycles. The first-order valence-corrected chi connectivity index (χ1v) is 9.94. The number of aryl methyl sites for hydroxylation is 1. The topological polar surface area (TPSA) is 69.2 Å². The molecule has 0 radical (unpaired) electrons. The van der Waals surface area contributed by atoms with Crippen LogP contribution in [0.4, 0.5) is 0 Å². The molecule has 1 aliphatic carbocycles. The van der Waals surface area contributed by atoms with Crippen molar-refractivity contribution in [2.45, 2.75) is 44.6 Å². The number of esters is 1. The van der Waals surface area contributed by atoms with Gasteiger partial charge in [-0.1, -0.05) is 18.7 Å². The Bertz CT molecular complexity index is 773. The SMILES string of the molecule is CCOC(=O)CC(=O)CSc1ncnc2sc3c(c12)CC[C@@H](C)C3. The lowest BCUT2D eigenvalue weighted by atomic mass is 9.89. The second kappa shape index (κ2) is 7.61. The molecule has 0 amide bonds. The Morgan fingerprint density at radius 1 is 1.42 bits per heavy atom. The molecule has 2 aromatic rings. The predicted octanol–water partition coefficient (Wildman–Crippen LogP) is 3.43. The average Bonchev–Trinajstić information content (AvgIpc) is 2.90. The Kier molecular flexibility index (Phi) is 5.50. The van der Waals surface area contributed by atoms with E-state index in [9.17, 15) is 9.59 Å². The van der Waals surface area contributed by atoms with Crippen LogP contribution in [0.2, 0.25) is 0 Å². The fraction of sp³-hybridized carbons (Fsp3) is 0.529. The number of thioether (sulfide) groups is 1. The number of aromatic nitrogens is 2. The number of hydrogen-bond acceptors (Lipinski definition) is 7. The van der Waals surface area contributed by atoms with Crippen molar-refractivity contribution in [3.8, 4) is 0 Å². The van der Waals surface area contributed by atoms with Gasteiger partial charge in [-0.05, 0) is 37.7 Å². The molecule has 0 aliphatic heterocycles. The minimum atomic E-state index is -0.460. The molecule has 128 valence electrons. The fourth-order valence-electron chi connectivity index (χ4n) is 2.93. The van der Waals surface area contributed by atoms with E-state index in [0.717, 1.165) is 28.1 Å². The molecule has 1 aliphatic rings. The Morgan fingerprint density at radius 3 is 3.04 bits per heavy atom. The molecule has 0 unspecified atom stereocenters. The molecule has 0 N–H and O–H groups in total. The van der Waals surface area contributed by atoms with Gasteiger partial charge in [-0.2, -0.15) is 0 Å². The monoisotopic (exact) mass is 364 g/mol. The van der Waals surface area contributed by atoms with Gasteiger partial charge in [0.15, 0.2) is 5.78 Å². The fourth-order valence-corrected chi connectivity index (χ4v) is 5.23. The highest BCUT2D eigenvalue weighted by Crippen LogP contribution is 2.40. The normalized spacial score (nSPS) is 16.8. The van der Waals surface area contributed by atoms with E-state index in [1.54, 1.807) is 24.6 Å². The largest absolute Gasteiger partial charge is 0.466 e. The highest BCUT2D eigenvalue weighted by molar-refractivity contribution is 8.00. The van der Waals surface area contributed by atoms with Crippen LogP contribution in [0.25, 0.3) is 10.2 Å². The zero-order chi connectivity index (χ0) is 17.1. The van der Waals surface area contributed by atoms with Crippen LogP contribution in [-0.4, -0.2) is 34.1 Å². The van der Waals surface area contributed by atoms with Gasteiger partial charge in [-0.3, -0.25) is 9.59 Å². The summed E-state index contributed by atoms with van der Waals surface area (Å²) >= 11 is 3.14. The third-order valence-electron chi connectivity index (χ3n) is 4.07. The van der Waals surface area contributed by atoms with E-state index < -0.39 is 5.97 Å². The van der Waals surface area contributed by atoms with Crippen LogP contribution < -0.4 is 0 Å². The van der Waals surface area contributed by atoms with Crippen molar-refractivity contribution in [2.24, 2.45) is 5.92 Å². The number of thiophene rings is 1. The van der Waals surface area contributed by atoms with E-state index >= 15 is 0 Å². The third-order valence-corrected chi connectivity index (χ3v) is 6.29. The number of ketones is 1. The van der Waals surface area contributed by atoms with Crippen molar-refractivity contribution < 1.29 is 14.3 Å². The van der Waals surface area contributed by atoms with E-state index in [2.05, 4.69) is 16.9 Å². The van der Waals surface area contributed by atoms with Gasteiger partial charge in [-0.15, -0.1) is 11.3 Å². The summed E-state index contributed by atoms with van der Waals surface area (Å²) in [5, 5.41) is 1.96. The summed E-state index contributed by atoms with van der Waals surface area (Å²) < 4.78 is 4.81. The first kappa shape index (κ1) is 17.4. The van der Waals surface area contributed by atoms with Crippen molar-refractivity contribution in [2.75, 3.05) is 12.4 Å². The molecule has 2 heterocycles. The Morgan fingerprint density at radius 2 is 2.25 bits per heavy atom. The van der Waals surface area contributed by atoms with Crippen LogP contribution in [0.3, 0.4) is 0 Å². The molecular formula is C17H20N2O3S2. The molecule has 24 heavy (non-hydrogen) atoms. The standard InChI is InChI=1S/C17H20N2O3S2/c1-3-22-14(21)7-11(20)8-23-16-15-12-5-4-10(2)6-13(12)24-17(15)19-9-18-16/h9-10H,3-8H2,1-2H3/t10-/m1/s1. The average molecular weight is 364 g/mol. The molecule has 2 aromatic heterocycles. The molecule has 0 fully saturated rings. The number of rotatable bonds is 6. The number of ether oxygens (including phenoxy) is 1. The maximum absolute atomic E-state index is 11.9. The molecule has 0 saturated heterocycles. The van der Waals surface area contributed by atoms with Crippen LogP contribution in [0.5, 0.6) is 0 Å². The summed E-state index contributed by atoms with van der Waals surface area (Å²) in [4.78, 5) is 34.5. The molecule has 7 heteroatoms. The zero-order valence-corrected chi connectivity index (χ0v) is 15.5. The Balaban J connectivity index is 1.75. The molecule has 0 spiro atoms. The number of carbonyl (C=O) groups excluding carboxylic acids is 2. The van der Waals surface area contributed by atoms with Gasteiger partial charge >= 0.3 is 5.97 Å². The van der Waals surface area contributed by atoms with Crippen LogP contribution in [0.1, 0.15) is 37.1 Å². The lowest BCUT2D eigenvalue weighted by Crippen LogP contribution is -2.13. The second-order valence-electron chi connectivity index (χ2n) is 6.02. The number of fused-ring (bicyclic) bond motifs is 3. The van der Waals surface area contributed by atoms with Crippen LogP contribution in [-0.2, 0) is 27.2 Å². The van der Waals surface area contributed by atoms with Gasteiger partial charge in [0.1, 0.15) is 22.6 Å². The zero-order valence-electron chi connectivity index (χ0n) is 13.8. The van der Waals surface area contributed by atoms with Gasteiger partial charge in [0.25, 0.3) is 0 Å². The second-order valence-corrected chi connectivity index (χ2v) is 8.07. The maximum Gasteiger partial charge on any atom is 0.313 e. The number of Topliss-reactive ketones (excluding diaryl/α,β-unsaturated/α-hetero) is 1. The van der Waals surface area contributed by atoms with Gasteiger partial charge in [0.05, 0.1) is 12.4 Å². The lowest BCUT2D eigenvalue weighted by molar-refractivity contribution is -0.145. The first-order valence-electron chi connectivity index (χ1n) is 8.13. The van der Waals surface area contributed by atoms with Crippen molar-refractivity contribution in [1.29, 1.82) is 0 Å². The summed E-state index contributed by atoms with van der Waals surface area (Å²) in [6.07, 6.45) is 4.72. The Hall–Kier alpha value is -1.47. The molecule has 1 atom stereocenters.